The minimum absolute atomic E-state index is 0.173. The first kappa shape index (κ1) is 14.5. The van der Waals surface area contributed by atoms with Gasteiger partial charge >= 0.3 is 0 Å². The molecular formula is C17H22N2OS. The summed E-state index contributed by atoms with van der Waals surface area (Å²) in [6.45, 7) is 6.15. The summed E-state index contributed by atoms with van der Waals surface area (Å²) >= 11 is 1.73. The fourth-order valence-electron chi connectivity index (χ4n) is 2.34. The first-order valence-electron chi connectivity index (χ1n) is 7.56. The van der Waals surface area contributed by atoms with Crippen molar-refractivity contribution in [1.29, 1.82) is 0 Å². The lowest BCUT2D eigenvalue weighted by Gasteiger charge is -2.18. The number of benzene rings is 1. The van der Waals surface area contributed by atoms with E-state index in [2.05, 4.69) is 47.7 Å². The molecule has 0 amide bonds. The van der Waals surface area contributed by atoms with E-state index in [0.29, 0.717) is 6.04 Å². The number of aryl methyl sites for hydroxylation is 1. The van der Waals surface area contributed by atoms with E-state index < -0.39 is 0 Å². The second-order valence-corrected chi connectivity index (χ2v) is 6.83. The molecule has 1 heterocycles. The van der Waals surface area contributed by atoms with Gasteiger partial charge in [-0.1, -0.05) is 12.1 Å². The molecule has 1 atom stereocenters. The van der Waals surface area contributed by atoms with E-state index in [0.717, 1.165) is 16.5 Å². The molecule has 1 aromatic heterocycles. The predicted octanol–water partition coefficient (Wildman–Crippen LogP) is 4.08. The van der Waals surface area contributed by atoms with Crippen molar-refractivity contribution in [3.05, 3.63) is 45.9 Å². The number of hydrogen-bond acceptors (Lipinski definition) is 4. The number of rotatable bonds is 6. The lowest BCUT2D eigenvalue weighted by Crippen LogP contribution is -2.24. The molecule has 1 aliphatic carbocycles. The summed E-state index contributed by atoms with van der Waals surface area (Å²) < 4.78 is 5.82. The molecule has 0 radical (unpaired) electrons. The molecule has 21 heavy (non-hydrogen) atoms. The van der Waals surface area contributed by atoms with E-state index in [-0.39, 0.29) is 12.1 Å². The summed E-state index contributed by atoms with van der Waals surface area (Å²) in [5.74, 6) is 0.929. The third kappa shape index (κ3) is 3.83. The average Bonchev–Trinajstić information content (AvgIpc) is 3.16. The SMILES string of the molecule is Cc1csc(C(NC2CC2)c2cccc(OC(C)C)c2)n1. The summed E-state index contributed by atoms with van der Waals surface area (Å²) in [6, 6.07) is 9.18. The van der Waals surface area contributed by atoms with Gasteiger partial charge in [-0.15, -0.1) is 11.3 Å². The van der Waals surface area contributed by atoms with Crippen LogP contribution in [0.15, 0.2) is 29.6 Å². The summed E-state index contributed by atoms with van der Waals surface area (Å²) in [5.41, 5.74) is 2.32. The highest BCUT2D eigenvalue weighted by Crippen LogP contribution is 2.32. The van der Waals surface area contributed by atoms with E-state index in [4.69, 9.17) is 4.74 Å². The van der Waals surface area contributed by atoms with Crippen LogP contribution < -0.4 is 10.1 Å². The lowest BCUT2D eigenvalue weighted by molar-refractivity contribution is 0.242. The Morgan fingerprint density at radius 1 is 1.33 bits per heavy atom. The number of ether oxygens (including phenoxy) is 1. The molecule has 0 bridgehead atoms. The summed E-state index contributed by atoms with van der Waals surface area (Å²) in [4.78, 5) is 4.67. The van der Waals surface area contributed by atoms with E-state index in [1.54, 1.807) is 11.3 Å². The molecule has 2 aromatic rings. The van der Waals surface area contributed by atoms with Crippen LogP contribution in [0.2, 0.25) is 0 Å². The van der Waals surface area contributed by atoms with Crippen LogP contribution in [0.3, 0.4) is 0 Å². The normalized spacial score (nSPS) is 16.2. The van der Waals surface area contributed by atoms with Gasteiger partial charge in [0.1, 0.15) is 10.8 Å². The van der Waals surface area contributed by atoms with Gasteiger partial charge in [-0.3, -0.25) is 0 Å². The smallest absolute Gasteiger partial charge is 0.120 e. The van der Waals surface area contributed by atoms with Gasteiger partial charge in [-0.2, -0.15) is 0 Å². The van der Waals surface area contributed by atoms with Crippen molar-refractivity contribution in [2.75, 3.05) is 0 Å². The maximum absolute atomic E-state index is 5.82. The lowest BCUT2D eigenvalue weighted by atomic mass is 10.1. The minimum atomic E-state index is 0.173. The second kappa shape index (κ2) is 6.16. The topological polar surface area (TPSA) is 34.1 Å². The Hall–Kier alpha value is -1.39. The molecule has 1 N–H and O–H groups in total. The predicted molar refractivity (Wildman–Crippen MR) is 87.1 cm³/mol. The van der Waals surface area contributed by atoms with Crippen LogP contribution in [-0.4, -0.2) is 17.1 Å². The van der Waals surface area contributed by atoms with Gasteiger partial charge in [0, 0.05) is 17.1 Å². The van der Waals surface area contributed by atoms with Crippen molar-refractivity contribution in [3.8, 4) is 5.75 Å². The molecular weight excluding hydrogens is 280 g/mol. The molecule has 1 fully saturated rings. The molecule has 3 nitrogen and oxygen atoms in total. The van der Waals surface area contributed by atoms with Crippen molar-refractivity contribution in [3.63, 3.8) is 0 Å². The monoisotopic (exact) mass is 302 g/mol. The molecule has 1 unspecified atom stereocenters. The molecule has 3 rings (SSSR count). The molecule has 0 aliphatic heterocycles. The van der Waals surface area contributed by atoms with E-state index >= 15 is 0 Å². The van der Waals surface area contributed by atoms with Crippen LogP contribution in [-0.2, 0) is 0 Å². The van der Waals surface area contributed by atoms with Gasteiger partial charge in [0.25, 0.3) is 0 Å². The van der Waals surface area contributed by atoms with E-state index in [9.17, 15) is 0 Å². The van der Waals surface area contributed by atoms with Gasteiger partial charge in [0.15, 0.2) is 0 Å². The largest absolute Gasteiger partial charge is 0.491 e. The molecule has 1 aromatic carbocycles. The number of nitrogens with zero attached hydrogens (tertiary/aromatic N) is 1. The zero-order chi connectivity index (χ0) is 14.8. The van der Waals surface area contributed by atoms with Crippen LogP contribution >= 0.6 is 11.3 Å². The zero-order valence-corrected chi connectivity index (χ0v) is 13.6. The Balaban J connectivity index is 1.88. The molecule has 0 spiro atoms. The van der Waals surface area contributed by atoms with E-state index in [1.807, 2.05) is 13.0 Å². The molecule has 1 saturated carbocycles. The fourth-order valence-corrected chi connectivity index (χ4v) is 3.22. The van der Waals surface area contributed by atoms with Crippen LogP contribution in [0, 0.1) is 6.92 Å². The van der Waals surface area contributed by atoms with Crippen LogP contribution in [0.5, 0.6) is 5.75 Å². The number of hydrogen-bond donors (Lipinski definition) is 1. The maximum atomic E-state index is 5.82. The Morgan fingerprint density at radius 2 is 2.14 bits per heavy atom. The highest BCUT2D eigenvalue weighted by molar-refractivity contribution is 7.09. The van der Waals surface area contributed by atoms with E-state index in [1.165, 1.54) is 18.4 Å². The first-order valence-corrected chi connectivity index (χ1v) is 8.44. The maximum Gasteiger partial charge on any atom is 0.120 e. The third-order valence-electron chi connectivity index (χ3n) is 3.43. The zero-order valence-electron chi connectivity index (χ0n) is 12.8. The van der Waals surface area contributed by atoms with Crippen LogP contribution in [0.1, 0.15) is 49.0 Å². The highest BCUT2D eigenvalue weighted by atomic mass is 32.1. The van der Waals surface area contributed by atoms with Crippen molar-refractivity contribution in [2.45, 2.75) is 51.8 Å². The summed E-state index contributed by atoms with van der Waals surface area (Å²) in [5, 5.41) is 6.97. The van der Waals surface area contributed by atoms with Crippen LogP contribution in [0.25, 0.3) is 0 Å². The average molecular weight is 302 g/mol. The number of nitrogens with one attached hydrogen (secondary N) is 1. The van der Waals surface area contributed by atoms with Crippen molar-refractivity contribution in [1.82, 2.24) is 10.3 Å². The number of aromatic nitrogens is 1. The Bertz CT molecular complexity index is 604. The Kier molecular flexibility index (Phi) is 4.27. The van der Waals surface area contributed by atoms with Crippen molar-refractivity contribution in [2.24, 2.45) is 0 Å². The third-order valence-corrected chi connectivity index (χ3v) is 4.45. The summed E-state index contributed by atoms with van der Waals surface area (Å²) in [7, 11) is 0. The molecule has 112 valence electrons. The second-order valence-electron chi connectivity index (χ2n) is 5.94. The Labute approximate surface area is 130 Å². The van der Waals surface area contributed by atoms with Gasteiger partial charge in [-0.25, -0.2) is 4.98 Å². The summed E-state index contributed by atoms with van der Waals surface area (Å²) in [6.07, 6.45) is 2.73. The first-order chi connectivity index (χ1) is 10.1. The van der Waals surface area contributed by atoms with Gasteiger partial charge in [0.2, 0.25) is 0 Å². The van der Waals surface area contributed by atoms with Crippen molar-refractivity contribution < 1.29 is 4.74 Å². The van der Waals surface area contributed by atoms with Gasteiger partial charge in [0.05, 0.1) is 12.1 Å². The van der Waals surface area contributed by atoms with Gasteiger partial charge < -0.3 is 10.1 Å². The fraction of sp³-hybridized carbons (Fsp3) is 0.471. The molecule has 1 aliphatic rings. The highest BCUT2D eigenvalue weighted by Gasteiger charge is 2.28. The molecule has 0 saturated heterocycles. The molecule has 4 heteroatoms. The standard InChI is InChI=1S/C17H22N2OS/c1-11(2)20-15-6-4-5-13(9-15)16(19-14-7-8-14)17-18-12(3)10-21-17/h4-6,9-11,14,16,19H,7-8H2,1-3H3. The minimum Gasteiger partial charge on any atom is -0.491 e. The van der Waals surface area contributed by atoms with Crippen molar-refractivity contribution >= 4 is 11.3 Å². The quantitative estimate of drug-likeness (QED) is 0.873. The van der Waals surface area contributed by atoms with Gasteiger partial charge in [-0.05, 0) is 51.3 Å². The van der Waals surface area contributed by atoms with Crippen LogP contribution in [0.4, 0.5) is 0 Å². The Morgan fingerprint density at radius 3 is 2.76 bits per heavy atom. The number of thiazole rings is 1.